The Morgan fingerprint density at radius 3 is 2.69 bits per heavy atom. The van der Waals surface area contributed by atoms with Crippen LogP contribution in [0.15, 0.2) is 24.3 Å². The van der Waals surface area contributed by atoms with E-state index in [1.54, 1.807) is 24.3 Å². The second kappa shape index (κ2) is 7.59. The second-order valence-electron chi connectivity index (χ2n) is 7.78. The predicted molar refractivity (Wildman–Crippen MR) is 105 cm³/mol. The van der Waals surface area contributed by atoms with E-state index in [0.717, 1.165) is 0 Å². The first-order valence-electron chi connectivity index (χ1n) is 9.80. The van der Waals surface area contributed by atoms with E-state index in [1.165, 1.54) is 11.9 Å². The maximum Gasteiger partial charge on any atom is 0.250 e. The van der Waals surface area contributed by atoms with Crippen molar-refractivity contribution in [2.75, 3.05) is 25.5 Å². The number of amides is 3. The Balaban J connectivity index is 1.68. The highest BCUT2D eigenvalue weighted by Crippen LogP contribution is 2.58. The maximum absolute atomic E-state index is 13.3. The van der Waals surface area contributed by atoms with Gasteiger partial charge >= 0.3 is 0 Å². The molecule has 2 bridgehead atoms. The van der Waals surface area contributed by atoms with Gasteiger partial charge in [0.05, 0.1) is 17.9 Å². The minimum Gasteiger partial charge on any atom is -0.396 e. The van der Waals surface area contributed by atoms with Gasteiger partial charge in [-0.3, -0.25) is 14.4 Å². The first-order chi connectivity index (χ1) is 13.9. The van der Waals surface area contributed by atoms with Crippen LogP contribution < -0.4 is 10.6 Å². The largest absolute Gasteiger partial charge is 0.396 e. The molecule has 3 saturated heterocycles. The number of halogens is 1. The summed E-state index contributed by atoms with van der Waals surface area (Å²) in [7, 11) is 1.54. The maximum atomic E-state index is 13.3. The molecular formula is C20H24ClN3O5. The van der Waals surface area contributed by atoms with Crippen molar-refractivity contribution in [3.63, 3.8) is 0 Å². The van der Waals surface area contributed by atoms with Crippen LogP contribution in [0.1, 0.15) is 19.3 Å². The Labute approximate surface area is 173 Å². The molecule has 9 heteroatoms. The van der Waals surface area contributed by atoms with Gasteiger partial charge in [-0.25, -0.2) is 0 Å². The van der Waals surface area contributed by atoms with Crippen LogP contribution >= 0.6 is 11.6 Å². The van der Waals surface area contributed by atoms with Gasteiger partial charge in [0.25, 0.3) is 0 Å². The molecule has 1 spiro atoms. The highest BCUT2D eigenvalue weighted by Gasteiger charge is 2.74. The third-order valence-corrected chi connectivity index (χ3v) is 6.52. The first kappa shape index (κ1) is 20.1. The van der Waals surface area contributed by atoms with Gasteiger partial charge in [-0.15, -0.1) is 0 Å². The molecule has 3 heterocycles. The van der Waals surface area contributed by atoms with Gasteiger partial charge in [-0.05, 0) is 43.5 Å². The molecule has 29 heavy (non-hydrogen) atoms. The zero-order chi connectivity index (χ0) is 20.8. The van der Waals surface area contributed by atoms with Crippen LogP contribution in [0.25, 0.3) is 0 Å². The Morgan fingerprint density at radius 1 is 1.31 bits per heavy atom. The summed E-state index contributed by atoms with van der Waals surface area (Å²) in [5.41, 5.74) is -0.463. The number of rotatable bonds is 6. The number of nitrogens with zero attached hydrogens (tertiary/aromatic N) is 1. The summed E-state index contributed by atoms with van der Waals surface area (Å²) in [5, 5.41) is 15.3. The topological polar surface area (TPSA) is 108 Å². The SMILES string of the molecule is CNC(=O)[C@@H]1[C@@H]2CCC3(O2)C(C(=O)Nc2ccc(Cl)cc2)N(CCCO)C(=O)[C@H]13. The van der Waals surface area contributed by atoms with Crippen LogP contribution in [0.2, 0.25) is 5.02 Å². The van der Waals surface area contributed by atoms with Crippen molar-refractivity contribution in [1.29, 1.82) is 0 Å². The fourth-order valence-electron chi connectivity index (χ4n) is 5.15. The van der Waals surface area contributed by atoms with Crippen molar-refractivity contribution < 1.29 is 24.2 Å². The minimum absolute atomic E-state index is 0.102. The lowest BCUT2D eigenvalue weighted by Crippen LogP contribution is -2.53. The van der Waals surface area contributed by atoms with Crippen LogP contribution in [-0.4, -0.2) is 65.7 Å². The Kier molecular flexibility index (Phi) is 5.27. The molecule has 1 aromatic carbocycles. The molecule has 3 N–H and O–H groups in total. The predicted octanol–water partition coefficient (Wildman–Crippen LogP) is 0.781. The number of aliphatic hydroxyl groups is 1. The molecule has 0 saturated carbocycles. The van der Waals surface area contributed by atoms with E-state index in [4.69, 9.17) is 16.3 Å². The monoisotopic (exact) mass is 421 g/mol. The van der Waals surface area contributed by atoms with Crippen molar-refractivity contribution in [1.82, 2.24) is 10.2 Å². The number of likely N-dealkylation sites (tertiary alicyclic amines) is 1. The molecule has 3 aliphatic rings. The highest BCUT2D eigenvalue weighted by molar-refractivity contribution is 6.30. The van der Waals surface area contributed by atoms with Gasteiger partial charge in [0.2, 0.25) is 17.7 Å². The molecule has 2 unspecified atom stereocenters. The van der Waals surface area contributed by atoms with Crippen LogP contribution in [0, 0.1) is 11.8 Å². The van der Waals surface area contributed by atoms with Crippen molar-refractivity contribution >= 4 is 35.0 Å². The van der Waals surface area contributed by atoms with E-state index >= 15 is 0 Å². The number of aliphatic hydroxyl groups excluding tert-OH is 1. The Bertz CT molecular complexity index is 832. The summed E-state index contributed by atoms with van der Waals surface area (Å²) in [5.74, 6) is -2.16. The average Bonchev–Trinajstić information content (AvgIpc) is 3.35. The van der Waals surface area contributed by atoms with E-state index in [2.05, 4.69) is 10.6 Å². The summed E-state index contributed by atoms with van der Waals surface area (Å²) >= 11 is 5.91. The average molecular weight is 422 g/mol. The number of hydrogen-bond donors (Lipinski definition) is 3. The Morgan fingerprint density at radius 2 is 2.03 bits per heavy atom. The van der Waals surface area contributed by atoms with E-state index in [1.807, 2.05) is 0 Å². The lowest BCUT2D eigenvalue weighted by atomic mass is 9.70. The third kappa shape index (κ3) is 3.10. The molecule has 8 nitrogen and oxygen atoms in total. The summed E-state index contributed by atoms with van der Waals surface area (Å²) in [6, 6.07) is 5.85. The molecule has 4 rings (SSSR count). The third-order valence-electron chi connectivity index (χ3n) is 6.27. The molecule has 0 aliphatic carbocycles. The van der Waals surface area contributed by atoms with Crippen LogP contribution in [0.4, 0.5) is 5.69 Å². The first-order valence-corrected chi connectivity index (χ1v) is 10.2. The summed E-state index contributed by atoms with van der Waals surface area (Å²) in [6.45, 7) is 0.121. The molecule has 5 atom stereocenters. The molecule has 3 fully saturated rings. The Hall–Kier alpha value is -2.16. The number of nitrogens with one attached hydrogen (secondary N) is 2. The smallest absolute Gasteiger partial charge is 0.250 e. The lowest BCUT2D eigenvalue weighted by Gasteiger charge is -2.33. The number of ether oxygens (including phenoxy) is 1. The minimum atomic E-state index is -1.02. The number of benzene rings is 1. The van der Waals surface area contributed by atoms with Crippen LogP contribution in [-0.2, 0) is 19.1 Å². The molecule has 3 amide bonds. The zero-order valence-electron chi connectivity index (χ0n) is 16.1. The van der Waals surface area contributed by atoms with Gasteiger partial charge in [0, 0.05) is 30.9 Å². The summed E-state index contributed by atoms with van der Waals surface area (Å²) in [6.07, 6.45) is 1.14. The molecular weight excluding hydrogens is 398 g/mol. The quantitative estimate of drug-likeness (QED) is 0.629. The van der Waals surface area contributed by atoms with E-state index in [-0.39, 0.29) is 37.0 Å². The fraction of sp³-hybridized carbons (Fsp3) is 0.550. The normalized spacial score (nSPS) is 32.4. The van der Waals surface area contributed by atoms with Crippen molar-refractivity contribution in [3.05, 3.63) is 29.3 Å². The van der Waals surface area contributed by atoms with Crippen molar-refractivity contribution in [2.45, 2.75) is 37.0 Å². The molecule has 156 valence electrons. The number of carbonyl (C=O) groups excluding carboxylic acids is 3. The van der Waals surface area contributed by atoms with E-state index < -0.39 is 23.5 Å². The van der Waals surface area contributed by atoms with E-state index in [9.17, 15) is 19.5 Å². The van der Waals surface area contributed by atoms with Gasteiger partial charge in [0.1, 0.15) is 11.6 Å². The lowest BCUT2D eigenvalue weighted by molar-refractivity contribution is -0.140. The standard InChI is InChI=1S/C20H24ClN3O5/c1-22-17(26)14-13-7-8-20(29-13)15(14)19(28)24(9-2-10-25)16(20)18(27)23-12-5-3-11(21)4-6-12/h3-6,13-16,25H,2,7-10H2,1H3,(H,22,26)(H,23,27)/t13-,14+,15-,16?,20?/m0/s1. The number of carbonyl (C=O) groups is 3. The molecule has 3 aliphatic heterocycles. The van der Waals surface area contributed by atoms with Crippen LogP contribution in [0.5, 0.6) is 0 Å². The van der Waals surface area contributed by atoms with Crippen molar-refractivity contribution in [2.24, 2.45) is 11.8 Å². The fourth-order valence-corrected chi connectivity index (χ4v) is 5.27. The highest BCUT2D eigenvalue weighted by atomic mass is 35.5. The van der Waals surface area contributed by atoms with Gasteiger partial charge in [0.15, 0.2) is 0 Å². The number of fused-ring (bicyclic) bond motifs is 1. The summed E-state index contributed by atoms with van der Waals surface area (Å²) in [4.78, 5) is 40.6. The molecule has 0 radical (unpaired) electrons. The molecule has 1 aromatic rings. The molecule has 0 aromatic heterocycles. The van der Waals surface area contributed by atoms with Gasteiger partial charge in [-0.2, -0.15) is 0 Å². The van der Waals surface area contributed by atoms with Gasteiger partial charge in [-0.1, -0.05) is 11.6 Å². The number of anilines is 1. The zero-order valence-corrected chi connectivity index (χ0v) is 16.8. The number of hydrogen-bond acceptors (Lipinski definition) is 5. The second-order valence-corrected chi connectivity index (χ2v) is 8.21. The van der Waals surface area contributed by atoms with E-state index in [0.29, 0.717) is 30.0 Å². The van der Waals surface area contributed by atoms with Crippen LogP contribution in [0.3, 0.4) is 0 Å². The van der Waals surface area contributed by atoms with Gasteiger partial charge < -0.3 is 25.4 Å². The summed E-state index contributed by atoms with van der Waals surface area (Å²) < 4.78 is 6.22. The van der Waals surface area contributed by atoms with Crippen molar-refractivity contribution in [3.8, 4) is 0 Å².